The van der Waals surface area contributed by atoms with Gasteiger partial charge in [-0.3, -0.25) is 0 Å². The molecule has 0 saturated carbocycles. The summed E-state index contributed by atoms with van der Waals surface area (Å²) in [5.74, 6) is 2.48. The molecule has 0 spiro atoms. The molecule has 0 aliphatic rings. The summed E-state index contributed by atoms with van der Waals surface area (Å²) in [5, 5.41) is 0. The van der Waals surface area contributed by atoms with Gasteiger partial charge in [-0.2, -0.15) is 0 Å². The summed E-state index contributed by atoms with van der Waals surface area (Å²) in [7, 11) is 0. The Hall–Kier alpha value is -1.12. The Morgan fingerprint density at radius 1 is 0.500 bits per heavy atom. The maximum atomic E-state index is 5.84. The molecule has 0 rings (SSSR count). The van der Waals surface area contributed by atoms with Gasteiger partial charge >= 0.3 is 0 Å². The molecule has 2 atom stereocenters. The van der Waals surface area contributed by atoms with Crippen LogP contribution in [-0.2, 0) is 9.78 Å². The van der Waals surface area contributed by atoms with Gasteiger partial charge in [-0.05, 0) is 49.4 Å². The summed E-state index contributed by atoms with van der Waals surface area (Å²) in [6, 6.07) is 0. The summed E-state index contributed by atoms with van der Waals surface area (Å²) in [5.41, 5.74) is 0. The molecule has 0 N–H and O–H groups in total. The van der Waals surface area contributed by atoms with Crippen molar-refractivity contribution in [3.63, 3.8) is 0 Å². The smallest absolute Gasteiger partial charge is 0.112 e. The molecule has 0 amide bonds. The van der Waals surface area contributed by atoms with E-state index in [0.29, 0.717) is 23.7 Å². The number of allylic oxidation sites excluding steroid dienone is 6. The third-order valence-corrected chi connectivity index (χ3v) is 4.07. The molecular formula is C26H46O2. The maximum absolute atomic E-state index is 5.84. The fourth-order valence-electron chi connectivity index (χ4n) is 2.61. The summed E-state index contributed by atoms with van der Waals surface area (Å²) in [6.45, 7) is 17.8. The molecule has 28 heavy (non-hydrogen) atoms. The van der Waals surface area contributed by atoms with Crippen molar-refractivity contribution >= 4 is 0 Å². The van der Waals surface area contributed by atoms with E-state index in [0.717, 1.165) is 25.7 Å². The summed E-state index contributed by atoms with van der Waals surface area (Å²) >= 11 is 0. The molecular weight excluding hydrogens is 344 g/mol. The molecule has 0 heterocycles. The molecule has 0 radical (unpaired) electrons. The van der Waals surface area contributed by atoms with Crippen LogP contribution in [0.4, 0.5) is 0 Å². The standard InChI is InChI=1S/C26H46O2/c1-21(2)15-11-9-13-17-25(19-23(5)6)27-28-26(20-24(7)8)18-14-10-12-16-22(3)4/h9-14,17-18,21-26H,15-16,19-20H2,1-8H3/b11-9-,12-10-,17-13+,18-14+. The Kier molecular flexibility index (Phi) is 16.1. The minimum atomic E-state index is -0.0248. The van der Waals surface area contributed by atoms with Crippen molar-refractivity contribution in [1.82, 2.24) is 0 Å². The van der Waals surface area contributed by atoms with E-state index in [1.54, 1.807) is 0 Å². The zero-order valence-electron chi connectivity index (χ0n) is 19.7. The van der Waals surface area contributed by atoms with Gasteiger partial charge in [0.1, 0.15) is 12.2 Å². The number of rotatable bonds is 15. The molecule has 2 heteroatoms. The average Bonchev–Trinajstić information content (AvgIpc) is 2.56. The Balaban J connectivity index is 4.76. The molecule has 0 saturated heterocycles. The molecule has 0 bridgehead atoms. The van der Waals surface area contributed by atoms with Gasteiger partial charge in [0.25, 0.3) is 0 Å². The zero-order valence-corrected chi connectivity index (χ0v) is 19.7. The summed E-state index contributed by atoms with van der Waals surface area (Å²) in [6.07, 6.45) is 21.1. The van der Waals surface area contributed by atoms with Gasteiger partial charge in [0.15, 0.2) is 0 Å². The zero-order chi connectivity index (χ0) is 21.4. The van der Waals surface area contributed by atoms with E-state index >= 15 is 0 Å². The lowest BCUT2D eigenvalue weighted by Gasteiger charge is -2.20. The SMILES string of the molecule is CC(C)C/C=C\C=C\C(CC(C)C)OOC(/C=C/C=C\CC(C)C)CC(C)C. The highest BCUT2D eigenvalue weighted by molar-refractivity contribution is 5.06. The van der Waals surface area contributed by atoms with Crippen LogP contribution in [0.3, 0.4) is 0 Å². The first-order chi connectivity index (χ1) is 13.2. The molecule has 0 aromatic heterocycles. The van der Waals surface area contributed by atoms with Gasteiger partial charge in [-0.1, -0.05) is 104 Å². The van der Waals surface area contributed by atoms with Gasteiger partial charge in [-0.15, -0.1) is 0 Å². The maximum Gasteiger partial charge on any atom is 0.112 e. The van der Waals surface area contributed by atoms with Crippen LogP contribution < -0.4 is 0 Å². The Morgan fingerprint density at radius 3 is 1.14 bits per heavy atom. The van der Waals surface area contributed by atoms with Crippen LogP contribution in [-0.4, -0.2) is 12.2 Å². The molecule has 2 unspecified atom stereocenters. The van der Waals surface area contributed by atoms with E-state index in [1.165, 1.54) is 0 Å². The van der Waals surface area contributed by atoms with Crippen LogP contribution in [0.1, 0.15) is 81.1 Å². The highest BCUT2D eigenvalue weighted by Crippen LogP contribution is 2.16. The highest BCUT2D eigenvalue weighted by atomic mass is 17.2. The largest absolute Gasteiger partial charge is 0.229 e. The van der Waals surface area contributed by atoms with Crippen LogP contribution in [0.2, 0.25) is 0 Å². The quantitative estimate of drug-likeness (QED) is 0.160. The molecule has 0 aromatic rings. The second kappa shape index (κ2) is 16.8. The van der Waals surface area contributed by atoms with E-state index in [2.05, 4.69) is 104 Å². The van der Waals surface area contributed by atoms with Gasteiger partial charge in [0.05, 0.1) is 0 Å². The van der Waals surface area contributed by atoms with Crippen molar-refractivity contribution in [2.45, 2.75) is 93.3 Å². The lowest BCUT2D eigenvalue weighted by atomic mass is 10.1. The van der Waals surface area contributed by atoms with Crippen LogP contribution in [0.15, 0.2) is 48.6 Å². The van der Waals surface area contributed by atoms with Crippen molar-refractivity contribution < 1.29 is 9.78 Å². The van der Waals surface area contributed by atoms with E-state index in [1.807, 2.05) is 0 Å². The average molecular weight is 391 g/mol. The van der Waals surface area contributed by atoms with Gasteiger partial charge in [-0.25, -0.2) is 9.78 Å². The Bertz CT molecular complexity index is 423. The van der Waals surface area contributed by atoms with Crippen LogP contribution >= 0.6 is 0 Å². The molecule has 0 aromatic carbocycles. The lowest BCUT2D eigenvalue weighted by molar-refractivity contribution is -0.336. The minimum absolute atomic E-state index is 0.0248. The van der Waals surface area contributed by atoms with Crippen molar-refractivity contribution in [3.8, 4) is 0 Å². The van der Waals surface area contributed by atoms with E-state index in [-0.39, 0.29) is 12.2 Å². The topological polar surface area (TPSA) is 18.5 Å². The van der Waals surface area contributed by atoms with Crippen LogP contribution in [0, 0.1) is 23.7 Å². The predicted octanol–water partition coefficient (Wildman–Crippen LogP) is 8.08. The van der Waals surface area contributed by atoms with E-state index < -0.39 is 0 Å². The van der Waals surface area contributed by atoms with E-state index in [4.69, 9.17) is 9.78 Å². The highest BCUT2D eigenvalue weighted by Gasteiger charge is 2.14. The molecule has 0 aliphatic carbocycles. The normalized spacial score (nSPS) is 15.7. The second-order valence-electron chi connectivity index (χ2n) is 9.41. The first-order valence-electron chi connectivity index (χ1n) is 11.2. The summed E-state index contributed by atoms with van der Waals surface area (Å²) < 4.78 is 0. The number of hydrogen-bond donors (Lipinski definition) is 0. The van der Waals surface area contributed by atoms with Crippen molar-refractivity contribution in [3.05, 3.63) is 48.6 Å². The monoisotopic (exact) mass is 390 g/mol. The van der Waals surface area contributed by atoms with Crippen molar-refractivity contribution in [2.24, 2.45) is 23.7 Å². The third kappa shape index (κ3) is 18.3. The number of hydrogen-bond acceptors (Lipinski definition) is 2. The predicted molar refractivity (Wildman–Crippen MR) is 124 cm³/mol. The fourth-order valence-corrected chi connectivity index (χ4v) is 2.61. The molecule has 162 valence electrons. The van der Waals surface area contributed by atoms with Crippen molar-refractivity contribution in [2.75, 3.05) is 0 Å². The van der Waals surface area contributed by atoms with Crippen LogP contribution in [0.5, 0.6) is 0 Å². The molecule has 0 aliphatic heterocycles. The first kappa shape index (κ1) is 26.9. The van der Waals surface area contributed by atoms with Crippen molar-refractivity contribution in [1.29, 1.82) is 0 Å². The van der Waals surface area contributed by atoms with Gasteiger partial charge < -0.3 is 0 Å². The van der Waals surface area contributed by atoms with Gasteiger partial charge in [0.2, 0.25) is 0 Å². The first-order valence-corrected chi connectivity index (χ1v) is 11.2. The van der Waals surface area contributed by atoms with Gasteiger partial charge in [0, 0.05) is 0 Å². The van der Waals surface area contributed by atoms with E-state index in [9.17, 15) is 0 Å². The third-order valence-electron chi connectivity index (χ3n) is 4.07. The second-order valence-corrected chi connectivity index (χ2v) is 9.41. The summed E-state index contributed by atoms with van der Waals surface area (Å²) in [4.78, 5) is 11.7. The Morgan fingerprint density at radius 2 is 0.857 bits per heavy atom. The minimum Gasteiger partial charge on any atom is -0.229 e. The van der Waals surface area contributed by atoms with Crippen LogP contribution in [0.25, 0.3) is 0 Å². The lowest BCUT2D eigenvalue weighted by Crippen LogP contribution is -2.20. The molecule has 0 fully saturated rings. The molecule has 2 nitrogen and oxygen atoms in total. The fraction of sp³-hybridized carbons (Fsp3) is 0.692. The Labute approximate surface area is 175 Å².